The molecule has 4 aromatic rings. The van der Waals surface area contributed by atoms with E-state index in [-0.39, 0.29) is 6.04 Å². The second kappa shape index (κ2) is 7.94. The number of fused-ring (bicyclic) bond motifs is 1. The Kier molecular flexibility index (Phi) is 5.01. The summed E-state index contributed by atoms with van der Waals surface area (Å²) in [6.45, 7) is 5.90. The first-order chi connectivity index (χ1) is 14.3. The number of anilines is 1. The molecule has 1 aliphatic heterocycles. The van der Waals surface area contributed by atoms with E-state index < -0.39 is 0 Å². The van der Waals surface area contributed by atoms with Crippen LogP contribution in [0.1, 0.15) is 17.6 Å². The quantitative estimate of drug-likeness (QED) is 0.523. The summed E-state index contributed by atoms with van der Waals surface area (Å²) in [4.78, 5) is 2.39. The zero-order valence-electron chi connectivity index (χ0n) is 16.1. The summed E-state index contributed by atoms with van der Waals surface area (Å²) in [6.07, 6.45) is 0. The molecule has 0 aliphatic carbocycles. The van der Waals surface area contributed by atoms with E-state index in [1.54, 1.807) is 15.9 Å². The molecule has 0 aromatic carbocycles. The number of hydrogen-bond acceptors (Lipinski definition) is 8. The van der Waals surface area contributed by atoms with Crippen LogP contribution in [0.25, 0.3) is 17.0 Å². The van der Waals surface area contributed by atoms with Crippen molar-refractivity contribution in [3.63, 3.8) is 0 Å². The summed E-state index contributed by atoms with van der Waals surface area (Å²) < 4.78 is 13.2. The molecule has 1 saturated heterocycles. The van der Waals surface area contributed by atoms with Crippen molar-refractivity contribution in [3.8, 4) is 11.4 Å². The van der Waals surface area contributed by atoms with Gasteiger partial charge in [-0.1, -0.05) is 0 Å². The Balaban J connectivity index is 1.39. The largest absolute Gasteiger partial charge is 0.465 e. The van der Waals surface area contributed by atoms with Gasteiger partial charge in [0.05, 0.1) is 19.3 Å². The molecule has 0 spiro atoms. The lowest BCUT2D eigenvalue weighted by Crippen LogP contribution is -2.41. The molecule has 1 fully saturated rings. The average Bonchev–Trinajstić information content (AvgIpc) is 3.49. The maximum absolute atomic E-state index is 5.95. The van der Waals surface area contributed by atoms with Gasteiger partial charge in [0.2, 0.25) is 0 Å². The van der Waals surface area contributed by atoms with Crippen LogP contribution in [0.4, 0.5) is 5.82 Å². The molecule has 5 rings (SSSR count). The number of hydrogen-bond donors (Lipinski definition) is 1. The molecule has 8 nitrogen and oxygen atoms in total. The summed E-state index contributed by atoms with van der Waals surface area (Å²) in [6, 6.07) is 10.1. The average molecular weight is 411 g/mol. The van der Waals surface area contributed by atoms with Crippen molar-refractivity contribution in [1.82, 2.24) is 24.7 Å². The highest BCUT2D eigenvalue weighted by Gasteiger charge is 2.25. The fourth-order valence-electron chi connectivity index (χ4n) is 3.59. The Hall–Kier alpha value is -2.75. The van der Waals surface area contributed by atoms with Gasteiger partial charge in [-0.3, -0.25) is 4.90 Å². The topological polar surface area (TPSA) is 80.7 Å². The smallest absolute Gasteiger partial charge is 0.186 e. The van der Waals surface area contributed by atoms with Gasteiger partial charge < -0.3 is 14.5 Å². The third kappa shape index (κ3) is 3.76. The fourth-order valence-corrected chi connectivity index (χ4v) is 4.22. The van der Waals surface area contributed by atoms with Crippen LogP contribution in [0.3, 0.4) is 0 Å². The first kappa shape index (κ1) is 18.3. The van der Waals surface area contributed by atoms with Crippen LogP contribution >= 0.6 is 11.3 Å². The number of morpholine rings is 1. The summed E-state index contributed by atoms with van der Waals surface area (Å²) in [5.41, 5.74) is 1.74. The Morgan fingerprint density at radius 3 is 2.79 bits per heavy atom. The van der Waals surface area contributed by atoms with Gasteiger partial charge >= 0.3 is 0 Å². The second-order valence-electron chi connectivity index (χ2n) is 7.02. The lowest BCUT2D eigenvalue weighted by Gasteiger charge is -2.33. The van der Waals surface area contributed by atoms with E-state index in [4.69, 9.17) is 14.3 Å². The molecule has 1 atom stereocenters. The summed E-state index contributed by atoms with van der Waals surface area (Å²) in [5.74, 6) is 3.40. The highest BCUT2D eigenvalue weighted by Crippen LogP contribution is 2.25. The molecule has 9 heteroatoms. The summed E-state index contributed by atoms with van der Waals surface area (Å²) in [7, 11) is 0. The first-order valence-corrected chi connectivity index (χ1v) is 10.6. The van der Waals surface area contributed by atoms with Gasteiger partial charge in [0, 0.05) is 30.6 Å². The van der Waals surface area contributed by atoms with E-state index in [0.29, 0.717) is 6.54 Å². The molecule has 0 bridgehead atoms. The maximum atomic E-state index is 5.95. The SMILES string of the molecule is Cc1ccc(C(CNc2ccc3nnc(-c4ccsc4)n3n2)N2CCOCC2)o1. The molecule has 150 valence electrons. The van der Waals surface area contributed by atoms with E-state index in [1.165, 1.54) is 0 Å². The van der Waals surface area contributed by atoms with Gasteiger partial charge in [-0.25, -0.2) is 0 Å². The minimum absolute atomic E-state index is 0.113. The number of ether oxygens (including phenoxy) is 1. The predicted octanol–water partition coefficient (Wildman–Crippen LogP) is 3.24. The number of nitrogens with one attached hydrogen (secondary N) is 1. The zero-order chi connectivity index (χ0) is 19.6. The Morgan fingerprint density at radius 2 is 2.03 bits per heavy atom. The molecule has 1 unspecified atom stereocenters. The zero-order valence-corrected chi connectivity index (χ0v) is 16.9. The van der Waals surface area contributed by atoms with E-state index in [9.17, 15) is 0 Å². The van der Waals surface area contributed by atoms with Crippen molar-refractivity contribution >= 4 is 22.8 Å². The lowest BCUT2D eigenvalue weighted by atomic mass is 10.1. The molecular formula is C20H22N6O2S. The van der Waals surface area contributed by atoms with E-state index in [1.807, 2.05) is 41.9 Å². The molecule has 0 saturated carbocycles. The van der Waals surface area contributed by atoms with Crippen LogP contribution in [0, 0.1) is 6.92 Å². The maximum Gasteiger partial charge on any atom is 0.186 e. The van der Waals surface area contributed by atoms with Gasteiger partial charge in [-0.2, -0.15) is 15.9 Å². The third-order valence-electron chi connectivity index (χ3n) is 5.09. The minimum atomic E-state index is 0.113. The number of furan rings is 1. The predicted molar refractivity (Wildman–Crippen MR) is 111 cm³/mol. The highest BCUT2D eigenvalue weighted by molar-refractivity contribution is 7.08. The van der Waals surface area contributed by atoms with Crippen LogP contribution in [0.2, 0.25) is 0 Å². The summed E-state index contributed by atoms with van der Waals surface area (Å²) in [5, 5.41) is 20.8. The molecule has 0 radical (unpaired) electrons. The van der Waals surface area contributed by atoms with Crippen LogP contribution in [-0.2, 0) is 4.74 Å². The number of aromatic nitrogens is 4. The van der Waals surface area contributed by atoms with E-state index in [2.05, 4.69) is 26.5 Å². The molecule has 0 amide bonds. The standard InChI is InChI=1S/C20H22N6O2S/c1-14-2-3-17(28-14)16(25-7-9-27-10-8-25)12-21-18-4-5-19-22-23-20(26(19)24-18)15-6-11-29-13-15/h2-6,11,13,16H,7-10,12H2,1H3,(H,21,24). The summed E-state index contributed by atoms with van der Waals surface area (Å²) >= 11 is 1.63. The molecular weight excluding hydrogens is 388 g/mol. The van der Waals surface area contributed by atoms with Crippen LogP contribution in [-0.4, -0.2) is 57.6 Å². The highest BCUT2D eigenvalue weighted by atomic mass is 32.1. The molecule has 1 N–H and O–H groups in total. The fraction of sp³-hybridized carbons (Fsp3) is 0.350. The number of thiophene rings is 1. The van der Waals surface area contributed by atoms with Crippen molar-refractivity contribution in [2.24, 2.45) is 0 Å². The van der Waals surface area contributed by atoms with E-state index in [0.717, 1.165) is 60.7 Å². The van der Waals surface area contributed by atoms with Crippen LogP contribution < -0.4 is 5.32 Å². The van der Waals surface area contributed by atoms with E-state index >= 15 is 0 Å². The van der Waals surface area contributed by atoms with Crippen molar-refractivity contribution in [2.45, 2.75) is 13.0 Å². The van der Waals surface area contributed by atoms with Crippen LogP contribution in [0.5, 0.6) is 0 Å². The van der Waals surface area contributed by atoms with Crippen molar-refractivity contribution in [2.75, 3.05) is 38.2 Å². The molecule has 1 aliphatic rings. The monoisotopic (exact) mass is 410 g/mol. The van der Waals surface area contributed by atoms with Crippen molar-refractivity contribution in [3.05, 3.63) is 52.6 Å². The van der Waals surface area contributed by atoms with Crippen molar-refractivity contribution in [1.29, 1.82) is 0 Å². The number of rotatable bonds is 6. The van der Waals surface area contributed by atoms with Crippen molar-refractivity contribution < 1.29 is 9.15 Å². The molecule has 29 heavy (non-hydrogen) atoms. The van der Waals surface area contributed by atoms with Gasteiger partial charge in [-0.05, 0) is 42.6 Å². The van der Waals surface area contributed by atoms with Gasteiger partial charge in [0.15, 0.2) is 11.5 Å². The normalized spacial score (nSPS) is 16.3. The molecule has 5 heterocycles. The number of aryl methyl sites for hydroxylation is 1. The minimum Gasteiger partial charge on any atom is -0.465 e. The van der Waals surface area contributed by atoms with Gasteiger partial charge in [-0.15, -0.1) is 15.3 Å². The Bertz CT molecular complexity index is 1080. The third-order valence-corrected chi connectivity index (χ3v) is 5.78. The first-order valence-electron chi connectivity index (χ1n) is 9.65. The lowest BCUT2D eigenvalue weighted by molar-refractivity contribution is 0.0143. The van der Waals surface area contributed by atoms with Gasteiger partial charge in [0.25, 0.3) is 0 Å². The van der Waals surface area contributed by atoms with Crippen LogP contribution in [0.15, 0.2) is 45.5 Å². The molecule has 4 aromatic heterocycles. The van der Waals surface area contributed by atoms with Gasteiger partial charge in [0.1, 0.15) is 17.3 Å². The Morgan fingerprint density at radius 1 is 1.14 bits per heavy atom. The second-order valence-corrected chi connectivity index (χ2v) is 7.80. The Labute approximate surface area is 172 Å². The number of nitrogens with zero attached hydrogens (tertiary/aromatic N) is 5.